The Morgan fingerprint density at radius 3 is 2.45 bits per heavy atom. The second-order valence-corrected chi connectivity index (χ2v) is 7.86. The average molecular weight is 412 g/mol. The molecule has 6 heteroatoms. The molecule has 1 aromatic heterocycles. The van der Waals surface area contributed by atoms with Gasteiger partial charge in [-0.3, -0.25) is 0 Å². The Bertz CT molecular complexity index is 1210. The van der Waals surface area contributed by atoms with Crippen LogP contribution in [0.25, 0.3) is 21.2 Å². The van der Waals surface area contributed by atoms with E-state index in [1.807, 2.05) is 30.3 Å². The maximum Gasteiger partial charge on any atom is 0.416 e. The van der Waals surface area contributed by atoms with E-state index in [0.717, 1.165) is 32.2 Å². The molecule has 0 radical (unpaired) electrons. The minimum Gasteiger partial charge on any atom is -0.478 e. The van der Waals surface area contributed by atoms with Gasteiger partial charge in [-0.25, -0.2) is 4.79 Å². The second-order valence-electron chi connectivity index (χ2n) is 6.69. The molecule has 4 aromatic rings. The lowest BCUT2D eigenvalue weighted by Gasteiger charge is -2.08. The average Bonchev–Trinajstić information content (AvgIpc) is 3.10. The fraction of sp³-hybridized carbons (Fsp3) is 0.0870. The zero-order chi connectivity index (χ0) is 20.6. The Labute approximate surface area is 168 Å². The number of thiophene rings is 1. The Hall–Kier alpha value is -3.12. The molecule has 2 nitrogen and oxygen atoms in total. The highest BCUT2D eigenvalue weighted by molar-refractivity contribution is 7.19. The van der Waals surface area contributed by atoms with Gasteiger partial charge in [0.25, 0.3) is 0 Å². The summed E-state index contributed by atoms with van der Waals surface area (Å²) in [6, 6.07) is 19.8. The summed E-state index contributed by atoms with van der Waals surface area (Å²) in [5.41, 5.74) is 1.85. The Morgan fingerprint density at radius 1 is 0.931 bits per heavy atom. The van der Waals surface area contributed by atoms with Crippen LogP contribution in [0, 0.1) is 0 Å². The summed E-state index contributed by atoms with van der Waals surface area (Å²) in [4.78, 5) is 12.2. The Balaban J connectivity index is 1.72. The predicted octanol–water partition coefficient (Wildman–Crippen LogP) is 6.88. The van der Waals surface area contributed by atoms with Gasteiger partial charge < -0.3 is 5.11 Å². The van der Waals surface area contributed by atoms with Gasteiger partial charge in [0.2, 0.25) is 0 Å². The third-order valence-corrected chi connectivity index (χ3v) is 5.77. The number of fused-ring (bicyclic) bond motifs is 1. The molecule has 0 aliphatic heterocycles. The zero-order valence-corrected chi connectivity index (χ0v) is 15.8. The fourth-order valence-corrected chi connectivity index (χ4v) is 4.45. The minimum atomic E-state index is -4.36. The second kappa shape index (κ2) is 7.37. The molecule has 0 saturated heterocycles. The van der Waals surface area contributed by atoms with E-state index in [1.165, 1.54) is 23.5 Å². The lowest BCUT2D eigenvalue weighted by Crippen LogP contribution is -2.05. The lowest BCUT2D eigenvalue weighted by atomic mass is 9.99. The highest BCUT2D eigenvalue weighted by Gasteiger charge is 2.30. The first-order valence-corrected chi connectivity index (χ1v) is 9.64. The van der Waals surface area contributed by atoms with Gasteiger partial charge >= 0.3 is 12.1 Å². The van der Waals surface area contributed by atoms with Crippen molar-refractivity contribution in [2.45, 2.75) is 12.6 Å². The van der Waals surface area contributed by atoms with Crippen LogP contribution in [-0.4, -0.2) is 11.1 Å². The first-order valence-electron chi connectivity index (χ1n) is 8.82. The number of carboxylic acids is 1. The monoisotopic (exact) mass is 412 g/mol. The van der Waals surface area contributed by atoms with Crippen molar-refractivity contribution in [3.63, 3.8) is 0 Å². The number of alkyl halides is 3. The molecule has 0 aliphatic carbocycles. The van der Waals surface area contributed by atoms with Gasteiger partial charge in [0.15, 0.2) is 0 Å². The van der Waals surface area contributed by atoms with E-state index in [-0.39, 0.29) is 5.56 Å². The van der Waals surface area contributed by atoms with Crippen LogP contribution >= 0.6 is 11.3 Å². The molecule has 146 valence electrons. The van der Waals surface area contributed by atoms with Crippen LogP contribution in [0.1, 0.15) is 26.4 Å². The molecule has 0 bridgehead atoms. The molecular weight excluding hydrogens is 397 g/mol. The molecule has 1 N–H and O–H groups in total. The van der Waals surface area contributed by atoms with Crippen molar-refractivity contribution in [3.05, 3.63) is 94.4 Å². The Morgan fingerprint density at radius 2 is 1.69 bits per heavy atom. The molecule has 0 spiro atoms. The summed E-state index contributed by atoms with van der Waals surface area (Å²) < 4.78 is 39.9. The summed E-state index contributed by atoms with van der Waals surface area (Å²) in [7, 11) is 0. The smallest absolute Gasteiger partial charge is 0.416 e. The number of hydrogen-bond acceptors (Lipinski definition) is 2. The van der Waals surface area contributed by atoms with Gasteiger partial charge in [-0.05, 0) is 47.0 Å². The molecule has 0 fully saturated rings. The number of benzene rings is 3. The van der Waals surface area contributed by atoms with E-state index in [2.05, 4.69) is 0 Å². The molecular formula is C23H15F3O2S. The molecule has 0 saturated carbocycles. The van der Waals surface area contributed by atoms with Crippen molar-refractivity contribution >= 4 is 27.4 Å². The molecule has 0 unspecified atom stereocenters. The third-order valence-electron chi connectivity index (χ3n) is 4.67. The van der Waals surface area contributed by atoms with Gasteiger partial charge in [0.1, 0.15) is 0 Å². The largest absolute Gasteiger partial charge is 0.478 e. The SMILES string of the molecule is O=C(O)c1cccc(-c2cccc3sc(Cc4cccc(C(F)(F)F)c4)cc23)c1. The molecule has 0 amide bonds. The first-order chi connectivity index (χ1) is 13.8. The van der Waals surface area contributed by atoms with E-state index < -0.39 is 17.7 Å². The summed E-state index contributed by atoms with van der Waals surface area (Å²) in [6.45, 7) is 0. The molecule has 0 aliphatic rings. The van der Waals surface area contributed by atoms with Gasteiger partial charge in [-0.1, -0.05) is 42.5 Å². The number of rotatable bonds is 4. The number of carbonyl (C=O) groups is 1. The number of hydrogen-bond donors (Lipinski definition) is 1. The van der Waals surface area contributed by atoms with Crippen LogP contribution in [0.15, 0.2) is 72.8 Å². The molecule has 3 aromatic carbocycles. The Kier molecular flexibility index (Phi) is 4.88. The number of carboxylic acid groups (broad SMARTS) is 1. The minimum absolute atomic E-state index is 0.207. The molecule has 1 heterocycles. The van der Waals surface area contributed by atoms with Gasteiger partial charge in [0, 0.05) is 21.4 Å². The third kappa shape index (κ3) is 4.03. The highest BCUT2D eigenvalue weighted by atomic mass is 32.1. The van der Waals surface area contributed by atoms with Crippen LogP contribution in [-0.2, 0) is 12.6 Å². The number of aromatic carboxylic acids is 1. The summed E-state index contributed by atoms with van der Waals surface area (Å²) in [5, 5.41) is 10.2. The van der Waals surface area contributed by atoms with E-state index in [0.29, 0.717) is 12.0 Å². The number of halogens is 3. The van der Waals surface area contributed by atoms with Crippen LogP contribution in [0.4, 0.5) is 13.2 Å². The van der Waals surface area contributed by atoms with Gasteiger partial charge in [-0.15, -0.1) is 11.3 Å². The van der Waals surface area contributed by atoms with Crippen LogP contribution < -0.4 is 0 Å². The van der Waals surface area contributed by atoms with Gasteiger partial charge in [0.05, 0.1) is 11.1 Å². The van der Waals surface area contributed by atoms with E-state index in [9.17, 15) is 23.1 Å². The standard InChI is InChI=1S/C23H15F3O2S/c24-23(25,26)17-7-1-4-14(10-17)11-18-13-20-19(8-3-9-21(20)29-18)15-5-2-6-16(12-15)22(27)28/h1-10,12-13H,11H2,(H,27,28). The van der Waals surface area contributed by atoms with Crippen molar-refractivity contribution in [2.24, 2.45) is 0 Å². The van der Waals surface area contributed by atoms with Crippen molar-refractivity contribution < 1.29 is 23.1 Å². The van der Waals surface area contributed by atoms with Crippen LogP contribution in [0.3, 0.4) is 0 Å². The maximum atomic E-state index is 13.0. The van der Waals surface area contributed by atoms with Crippen molar-refractivity contribution in [3.8, 4) is 11.1 Å². The molecule has 0 atom stereocenters. The van der Waals surface area contributed by atoms with E-state index in [1.54, 1.807) is 24.3 Å². The van der Waals surface area contributed by atoms with E-state index >= 15 is 0 Å². The molecule has 29 heavy (non-hydrogen) atoms. The summed E-state index contributed by atoms with van der Waals surface area (Å²) >= 11 is 1.53. The topological polar surface area (TPSA) is 37.3 Å². The van der Waals surface area contributed by atoms with E-state index in [4.69, 9.17) is 0 Å². The summed E-state index contributed by atoms with van der Waals surface area (Å²) in [5.74, 6) is -0.991. The fourth-order valence-electron chi connectivity index (χ4n) is 3.33. The quantitative estimate of drug-likeness (QED) is 0.397. The predicted molar refractivity (Wildman–Crippen MR) is 108 cm³/mol. The molecule has 4 rings (SSSR count). The maximum absolute atomic E-state index is 13.0. The first kappa shape index (κ1) is 19.2. The van der Waals surface area contributed by atoms with Crippen LogP contribution in [0.2, 0.25) is 0 Å². The zero-order valence-electron chi connectivity index (χ0n) is 15.0. The van der Waals surface area contributed by atoms with Crippen molar-refractivity contribution in [1.82, 2.24) is 0 Å². The summed E-state index contributed by atoms with van der Waals surface area (Å²) in [6.07, 6.45) is -3.96. The normalized spacial score (nSPS) is 11.7. The lowest BCUT2D eigenvalue weighted by molar-refractivity contribution is -0.137. The highest BCUT2D eigenvalue weighted by Crippen LogP contribution is 2.36. The van der Waals surface area contributed by atoms with Crippen LogP contribution in [0.5, 0.6) is 0 Å². The van der Waals surface area contributed by atoms with Crippen molar-refractivity contribution in [1.29, 1.82) is 0 Å². The van der Waals surface area contributed by atoms with Gasteiger partial charge in [-0.2, -0.15) is 13.2 Å². The van der Waals surface area contributed by atoms with Crippen molar-refractivity contribution in [2.75, 3.05) is 0 Å².